The molecular formula is C19H20N2O4. The largest absolute Gasteiger partial charge is 0.486 e. The van der Waals surface area contributed by atoms with Crippen molar-refractivity contribution in [3.8, 4) is 23.1 Å². The molecule has 4 rings (SSSR count). The van der Waals surface area contributed by atoms with E-state index in [2.05, 4.69) is 9.88 Å². The summed E-state index contributed by atoms with van der Waals surface area (Å²) in [6, 6.07) is 11.4. The molecule has 6 heteroatoms. The standard InChI is InChI=1S/C19H20N2O4/c1-13-15(20-19(24-13)18-8-5-9-22-18)11-21(2)10-14-12-23-16-6-3-4-7-17(16)25-14/h3-9,14H,10-12H2,1-2H3/t14-/m0/s1. The SMILES string of the molecule is Cc1oc(-c2ccco2)nc1CN(C)C[C@H]1COc2ccccc2O1. The zero-order valence-electron chi connectivity index (χ0n) is 14.3. The number of benzene rings is 1. The molecule has 0 radical (unpaired) electrons. The van der Waals surface area contributed by atoms with Gasteiger partial charge in [-0.25, -0.2) is 4.98 Å². The van der Waals surface area contributed by atoms with Gasteiger partial charge in [0.05, 0.1) is 12.0 Å². The predicted octanol–water partition coefficient (Wildman–Crippen LogP) is 3.51. The van der Waals surface area contributed by atoms with Gasteiger partial charge in [-0.3, -0.25) is 4.90 Å². The summed E-state index contributed by atoms with van der Waals surface area (Å²) in [4.78, 5) is 6.70. The molecule has 6 nitrogen and oxygen atoms in total. The molecule has 130 valence electrons. The Morgan fingerprint density at radius 3 is 2.80 bits per heavy atom. The molecule has 0 aliphatic carbocycles. The smallest absolute Gasteiger partial charge is 0.263 e. The monoisotopic (exact) mass is 340 g/mol. The zero-order chi connectivity index (χ0) is 17.2. The maximum absolute atomic E-state index is 6.01. The molecule has 0 saturated heterocycles. The minimum atomic E-state index is -0.0170. The fourth-order valence-electron chi connectivity index (χ4n) is 2.90. The van der Waals surface area contributed by atoms with Gasteiger partial charge >= 0.3 is 0 Å². The molecule has 1 aliphatic rings. The highest BCUT2D eigenvalue weighted by atomic mass is 16.6. The van der Waals surface area contributed by atoms with E-state index in [0.29, 0.717) is 24.8 Å². The molecule has 0 fully saturated rings. The third-order valence-corrected chi connectivity index (χ3v) is 4.13. The van der Waals surface area contributed by atoms with E-state index >= 15 is 0 Å². The Labute approximate surface area is 146 Å². The lowest BCUT2D eigenvalue weighted by Crippen LogP contribution is -2.39. The number of para-hydroxylation sites is 2. The summed E-state index contributed by atoms with van der Waals surface area (Å²) in [5, 5.41) is 0. The van der Waals surface area contributed by atoms with Crippen molar-refractivity contribution in [1.29, 1.82) is 0 Å². The number of rotatable bonds is 5. The van der Waals surface area contributed by atoms with E-state index in [1.807, 2.05) is 50.4 Å². The van der Waals surface area contributed by atoms with E-state index in [-0.39, 0.29) is 6.10 Å². The van der Waals surface area contributed by atoms with Crippen LogP contribution in [0.1, 0.15) is 11.5 Å². The Balaban J connectivity index is 1.39. The second-order valence-corrected chi connectivity index (χ2v) is 6.19. The number of ether oxygens (including phenoxy) is 2. The maximum atomic E-state index is 6.01. The van der Waals surface area contributed by atoms with Gasteiger partial charge in [0.25, 0.3) is 5.89 Å². The topological polar surface area (TPSA) is 60.9 Å². The highest BCUT2D eigenvalue weighted by Crippen LogP contribution is 2.31. The fourth-order valence-corrected chi connectivity index (χ4v) is 2.90. The maximum Gasteiger partial charge on any atom is 0.263 e. The van der Waals surface area contributed by atoms with Crippen molar-refractivity contribution in [2.45, 2.75) is 19.6 Å². The van der Waals surface area contributed by atoms with Crippen LogP contribution in [0.4, 0.5) is 0 Å². The Morgan fingerprint density at radius 1 is 1.16 bits per heavy atom. The molecule has 0 spiro atoms. The molecule has 0 amide bonds. The molecule has 25 heavy (non-hydrogen) atoms. The van der Waals surface area contributed by atoms with Crippen molar-refractivity contribution in [3.05, 3.63) is 54.1 Å². The van der Waals surface area contributed by atoms with Crippen LogP contribution in [0.5, 0.6) is 11.5 Å². The number of hydrogen-bond donors (Lipinski definition) is 0. The lowest BCUT2D eigenvalue weighted by Gasteiger charge is -2.29. The fraction of sp³-hybridized carbons (Fsp3) is 0.316. The first-order chi connectivity index (χ1) is 12.2. The van der Waals surface area contributed by atoms with Crippen LogP contribution in [-0.2, 0) is 6.54 Å². The van der Waals surface area contributed by atoms with Crippen molar-refractivity contribution >= 4 is 0 Å². The number of fused-ring (bicyclic) bond motifs is 1. The molecule has 1 atom stereocenters. The lowest BCUT2D eigenvalue weighted by atomic mass is 10.2. The number of aromatic nitrogens is 1. The summed E-state index contributed by atoms with van der Waals surface area (Å²) in [5.41, 5.74) is 0.894. The number of oxazole rings is 1. The Bertz CT molecular complexity index is 841. The minimum Gasteiger partial charge on any atom is -0.486 e. The van der Waals surface area contributed by atoms with Crippen LogP contribution in [0, 0.1) is 6.92 Å². The van der Waals surface area contributed by atoms with Gasteiger partial charge in [-0.05, 0) is 38.2 Å². The molecular weight excluding hydrogens is 320 g/mol. The highest BCUT2D eigenvalue weighted by Gasteiger charge is 2.23. The van der Waals surface area contributed by atoms with Gasteiger partial charge in [-0.2, -0.15) is 0 Å². The lowest BCUT2D eigenvalue weighted by molar-refractivity contribution is 0.0634. The molecule has 1 aromatic carbocycles. The van der Waals surface area contributed by atoms with Crippen LogP contribution in [0.15, 0.2) is 51.5 Å². The average Bonchev–Trinajstić information content (AvgIpc) is 3.25. The zero-order valence-corrected chi connectivity index (χ0v) is 14.3. The number of furan rings is 1. The summed E-state index contributed by atoms with van der Waals surface area (Å²) in [6.45, 7) is 3.85. The normalized spacial score (nSPS) is 16.4. The Hall–Kier alpha value is -2.73. The summed E-state index contributed by atoms with van der Waals surface area (Å²) in [5.74, 6) is 3.54. The molecule has 3 heterocycles. The third kappa shape index (κ3) is 3.39. The molecule has 3 aromatic rings. The van der Waals surface area contributed by atoms with Gasteiger partial charge in [-0.1, -0.05) is 12.1 Å². The third-order valence-electron chi connectivity index (χ3n) is 4.13. The van der Waals surface area contributed by atoms with Crippen LogP contribution >= 0.6 is 0 Å². The Morgan fingerprint density at radius 2 is 2.00 bits per heavy atom. The number of likely N-dealkylation sites (N-methyl/N-ethyl adjacent to an activating group) is 1. The van der Waals surface area contributed by atoms with Crippen molar-refractivity contribution in [2.75, 3.05) is 20.2 Å². The van der Waals surface area contributed by atoms with Gasteiger partial charge in [0, 0.05) is 13.1 Å². The van der Waals surface area contributed by atoms with Crippen LogP contribution in [0.3, 0.4) is 0 Å². The summed E-state index contributed by atoms with van der Waals surface area (Å²) in [6.07, 6.45) is 1.59. The molecule has 1 aliphatic heterocycles. The van der Waals surface area contributed by atoms with Gasteiger partial charge in [0.15, 0.2) is 17.3 Å². The van der Waals surface area contributed by atoms with Gasteiger partial charge in [0.2, 0.25) is 0 Å². The van der Waals surface area contributed by atoms with Crippen molar-refractivity contribution in [2.24, 2.45) is 0 Å². The molecule has 0 bridgehead atoms. The Kier molecular flexibility index (Phi) is 4.19. The second kappa shape index (κ2) is 6.64. The van der Waals surface area contributed by atoms with E-state index in [0.717, 1.165) is 29.5 Å². The predicted molar refractivity (Wildman–Crippen MR) is 91.6 cm³/mol. The number of aryl methyl sites for hydroxylation is 1. The van der Waals surface area contributed by atoms with E-state index in [9.17, 15) is 0 Å². The first-order valence-corrected chi connectivity index (χ1v) is 8.26. The molecule has 0 N–H and O–H groups in total. The highest BCUT2D eigenvalue weighted by molar-refractivity contribution is 5.44. The average molecular weight is 340 g/mol. The molecule has 0 unspecified atom stereocenters. The van der Waals surface area contributed by atoms with Crippen molar-refractivity contribution in [3.63, 3.8) is 0 Å². The van der Waals surface area contributed by atoms with Gasteiger partial charge < -0.3 is 18.3 Å². The van der Waals surface area contributed by atoms with E-state index < -0.39 is 0 Å². The van der Waals surface area contributed by atoms with Gasteiger partial charge in [0.1, 0.15) is 18.5 Å². The first kappa shape index (κ1) is 15.8. The van der Waals surface area contributed by atoms with Crippen LogP contribution in [0.25, 0.3) is 11.7 Å². The second-order valence-electron chi connectivity index (χ2n) is 6.19. The molecule has 2 aromatic heterocycles. The van der Waals surface area contributed by atoms with Crippen LogP contribution in [-0.4, -0.2) is 36.2 Å². The first-order valence-electron chi connectivity index (χ1n) is 8.26. The molecule has 0 saturated carbocycles. The summed E-state index contributed by atoms with van der Waals surface area (Å²) >= 11 is 0. The number of hydrogen-bond acceptors (Lipinski definition) is 6. The minimum absolute atomic E-state index is 0.0170. The summed E-state index contributed by atoms with van der Waals surface area (Å²) < 4.78 is 22.8. The summed E-state index contributed by atoms with van der Waals surface area (Å²) in [7, 11) is 2.03. The van der Waals surface area contributed by atoms with E-state index in [1.165, 1.54) is 0 Å². The van der Waals surface area contributed by atoms with Crippen LogP contribution < -0.4 is 9.47 Å². The quantitative estimate of drug-likeness (QED) is 0.708. The van der Waals surface area contributed by atoms with Crippen LogP contribution in [0.2, 0.25) is 0 Å². The van der Waals surface area contributed by atoms with Crippen molar-refractivity contribution in [1.82, 2.24) is 9.88 Å². The van der Waals surface area contributed by atoms with E-state index in [1.54, 1.807) is 6.26 Å². The van der Waals surface area contributed by atoms with Crippen molar-refractivity contribution < 1.29 is 18.3 Å². The van der Waals surface area contributed by atoms with E-state index in [4.69, 9.17) is 18.3 Å². The number of nitrogens with zero attached hydrogens (tertiary/aromatic N) is 2. The van der Waals surface area contributed by atoms with Gasteiger partial charge in [-0.15, -0.1) is 0 Å².